The van der Waals surface area contributed by atoms with Crippen molar-refractivity contribution in [2.45, 2.75) is 271 Å². The van der Waals surface area contributed by atoms with Crippen molar-refractivity contribution in [1.29, 1.82) is 0 Å². The third kappa shape index (κ3) is 41.6. The summed E-state index contributed by atoms with van der Waals surface area (Å²) < 4.78 is 16.6. The van der Waals surface area contributed by atoms with Gasteiger partial charge in [0.25, 0.3) is 0 Å². The minimum Gasteiger partial charge on any atom is -0.462 e. The van der Waals surface area contributed by atoms with Crippen LogP contribution in [0.3, 0.4) is 0 Å². The molecular weight excluding hydrogens is 673 g/mol. The number of hydrogen-bond acceptors (Lipinski definition) is 6. The molecule has 0 unspecified atom stereocenters. The average molecular weight is 765 g/mol. The lowest BCUT2D eigenvalue weighted by molar-refractivity contribution is -0.167. The number of esters is 3. The summed E-state index contributed by atoms with van der Waals surface area (Å²) >= 11 is 0. The van der Waals surface area contributed by atoms with Gasteiger partial charge in [0.15, 0.2) is 6.10 Å². The molecule has 0 saturated carbocycles. The van der Waals surface area contributed by atoms with E-state index in [1.165, 1.54) is 154 Å². The third-order valence-electron chi connectivity index (χ3n) is 10.8. The van der Waals surface area contributed by atoms with Crippen LogP contribution in [0.1, 0.15) is 265 Å². The van der Waals surface area contributed by atoms with Gasteiger partial charge in [0.05, 0.1) is 0 Å². The average Bonchev–Trinajstić information content (AvgIpc) is 3.15. The molecule has 54 heavy (non-hydrogen) atoms. The Morgan fingerprint density at radius 3 is 0.907 bits per heavy atom. The molecule has 0 radical (unpaired) electrons. The Kier molecular flexibility index (Phi) is 41.3. The molecule has 6 heteroatoms. The van der Waals surface area contributed by atoms with Crippen LogP contribution in [0.25, 0.3) is 0 Å². The van der Waals surface area contributed by atoms with Crippen molar-refractivity contribution in [3.8, 4) is 0 Å². The van der Waals surface area contributed by atoms with Crippen molar-refractivity contribution in [1.82, 2.24) is 0 Å². The van der Waals surface area contributed by atoms with Crippen LogP contribution in [-0.4, -0.2) is 37.2 Å². The Balaban J connectivity index is 4.15. The first-order chi connectivity index (χ1) is 26.4. The summed E-state index contributed by atoms with van der Waals surface area (Å²) in [5, 5.41) is 0. The quantitative estimate of drug-likeness (QED) is 0.0349. The van der Waals surface area contributed by atoms with E-state index in [-0.39, 0.29) is 31.1 Å². The lowest BCUT2D eigenvalue weighted by Crippen LogP contribution is -2.30. The monoisotopic (exact) mass is 765 g/mol. The second-order valence-electron chi connectivity index (χ2n) is 16.9. The van der Waals surface area contributed by atoms with E-state index in [2.05, 4.69) is 27.7 Å². The second kappa shape index (κ2) is 42.6. The first-order valence-corrected chi connectivity index (χ1v) is 23.9. The van der Waals surface area contributed by atoms with Crippen LogP contribution < -0.4 is 0 Å². The van der Waals surface area contributed by atoms with Gasteiger partial charge in [-0.25, -0.2) is 0 Å². The lowest BCUT2D eigenvalue weighted by Gasteiger charge is -2.18. The van der Waals surface area contributed by atoms with Crippen LogP contribution in [0, 0.1) is 5.92 Å². The van der Waals surface area contributed by atoms with E-state index in [1.54, 1.807) is 0 Å². The molecule has 0 aromatic heterocycles. The van der Waals surface area contributed by atoms with Crippen molar-refractivity contribution in [2.24, 2.45) is 5.92 Å². The zero-order valence-electron chi connectivity index (χ0n) is 36.7. The van der Waals surface area contributed by atoms with Crippen LogP contribution in [-0.2, 0) is 28.6 Å². The number of carbonyl (C=O) groups is 3. The van der Waals surface area contributed by atoms with Crippen molar-refractivity contribution >= 4 is 17.9 Å². The van der Waals surface area contributed by atoms with Crippen molar-refractivity contribution in [3.63, 3.8) is 0 Å². The standard InChI is InChI=1S/C48H92O6/c1-5-7-9-11-12-13-14-15-16-19-23-26-29-33-37-41-48(51)54-45(42-52-46(49)39-35-30-10-8-6-2)43-53-47(50)40-36-32-28-25-22-20-17-18-21-24-27-31-34-38-44(3)4/h44-45H,5-43H2,1-4H3/t45-/m0/s1. The Hall–Kier alpha value is -1.59. The van der Waals surface area contributed by atoms with Gasteiger partial charge < -0.3 is 14.2 Å². The summed E-state index contributed by atoms with van der Waals surface area (Å²) in [5.74, 6) is -0.0242. The highest BCUT2D eigenvalue weighted by Crippen LogP contribution is 2.17. The normalized spacial score (nSPS) is 11.9. The molecule has 320 valence electrons. The van der Waals surface area contributed by atoms with Gasteiger partial charge in [-0.15, -0.1) is 0 Å². The van der Waals surface area contributed by atoms with Gasteiger partial charge in [0.1, 0.15) is 13.2 Å². The van der Waals surface area contributed by atoms with Crippen LogP contribution in [0.4, 0.5) is 0 Å². The third-order valence-corrected chi connectivity index (χ3v) is 10.8. The van der Waals surface area contributed by atoms with Crippen molar-refractivity contribution in [2.75, 3.05) is 13.2 Å². The Bertz CT molecular complexity index is 811. The Labute approximate surface area is 336 Å². The predicted octanol–water partition coefficient (Wildman–Crippen LogP) is 15.1. The van der Waals surface area contributed by atoms with Crippen LogP contribution in [0.2, 0.25) is 0 Å². The number of unbranched alkanes of at least 4 members (excludes halogenated alkanes) is 30. The number of carbonyl (C=O) groups excluding carboxylic acids is 3. The fourth-order valence-electron chi connectivity index (χ4n) is 7.16. The van der Waals surface area contributed by atoms with E-state index < -0.39 is 6.10 Å². The lowest BCUT2D eigenvalue weighted by atomic mass is 10.0. The molecule has 0 rings (SSSR count). The first-order valence-electron chi connectivity index (χ1n) is 23.9. The molecule has 6 nitrogen and oxygen atoms in total. The van der Waals surface area contributed by atoms with E-state index in [1.807, 2.05) is 0 Å². The molecule has 0 amide bonds. The summed E-state index contributed by atoms with van der Waals surface area (Å²) in [6.07, 6.45) is 42.6. The molecule has 0 aliphatic carbocycles. The van der Waals surface area contributed by atoms with E-state index in [0.717, 1.165) is 70.1 Å². The van der Waals surface area contributed by atoms with Gasteiger partial charge in [-0.05, 0) is 25.2 Å². The maximum atomic E-state index is 12.7. The fraction of sp³-hybridized carbons (Fsp3) is 0.938. The molecule has 0 N–H and O–H groups in total. The van der Waals surface area contributed by atoms with Gasteiger partial charge in [-0.3, -0.25) is 14.4 Å². The molecule has 0 spiro atoms. The van der Waals surface area contributed by atoms with Gasteiger partial charge in [-0.1, -0.05) is 227 Å². The van der Waals surface area contributed by atoms with E-state index in [4.69, 9.17) is 14.2 Å². The molecule has 0 fully saturated rings. The Morgan fingerprint density at radius 2 is 0.611 bits per heavy atom. The van der Waals surface area contributed by atoms with Crippen LogP contribution in [0.5, 0.6) is 0 Å². The first kappa shape index (κ1) is 52.4. The van der Waals surface area contributed by atoms with Gasteiger partial charge in [0.2, 0.25) is 0 Å². The highest BCUT2D eigenvalue weighted by molar-refractivity contribution is 5.71. The predicted molar refractivity (Wildman–Crippen MR) is 229 cm³/mol. The highest BCUT2D eigenvalue weighted by atomic mass is 16.6. The maximum Gasteiger partial charge on any atom is 0.306 e. The second-order valence-corrected chi connectivity index (χ2v) is 16.9. The molecule has 0 aliphatic rings. The van der Waals surface area contributed by atoms with Crippen LogP contribution >= 0.6 is 0 Å². The molecular formula is C48H92O6. The maximum absolute atomic E-state index is 12.7. The van der Waals surface area contributed by atoms with Gasteiger partial charge in [-0.2, -0.15) is 0 Å². The summed E-state index contributed by atoms with van der Waals surface area (Å²) in [5.41, 5.74) is 0. The van der Waals surface area contributed by atoms with Crippen molar-refractivity contribution < 1.29 is 28.6 Å². The topological polar surface area (TPSA) is 78.9 Å². The van der Waals surface area contributed by atoms with Gasteiger partial charge in [0, 0.05) is 19.3 Å². The van der Waals surface area contributed by atoms with Gasteiger partial charge >= 0.3 is 17.9 Å². The molecule has 0 saturated heterocycles. The minimum atomic E-state index is -0.758. The Morgan fingerprint density at radius 1 is 0.352 bits per heavy atom. The van der Waals surface area contributed by atoms with E-state index in [0.29, 0.717) is 19.3 Å². The summed E-state index contributed by atoms with van der Waals surface area (Å²) in [4.78, 5) is 37.5. The zero-order chi connectivity index (χ0) is 39.6. The number of ether oxygens (including phenoxy) is 3. The van der Waals surface area contributed by atoms with Crippen molar-refractivity contribution in [3.05, 3.63) is 0 Å². The molecule has 0 aromatic carbocycles. The van der Waals surface area contributed by atoms with E-state index >= 15 is 0 Å². The minimum absolute atomic E-state index is 0.0643. The zero-order valence-corrected chi connectivity index (χ0v) is 36.7. The molecule has 0 aliphatic heterocycles. The smallest absolute Gasteiger partial charge is 0.306 e. The summed E-state index contributed by atoms with van der Waals surface area (Å²) in [6.45, 7) is 8.94. The van der Waals surface area contributed by atoms with Crippen LogP contribution in [0.15, 0.2) is 0 Å². The van der Waals surface area contributed by atoms with E-state index in [9.17, 15) is 14.4 Å². The number of rotatable bonds is 43. The SMILES string of the molecule is CCCCCCCCCCCCCCCCCC(=O)O[C@@H](COC(=O)CCCCCCC)COC(=O)CCCCCCCCCCCCCCCC(C)C. The summed E-state index contributed by atoms with van der Waals surface area (Å²) in [7, 11) is 0. The largest absolute Gasteiger partial charge is 0.462 e. The molecule has 0 aromatic rings. The highest BCUT2D eigenvalue weighted by Gasteiger charge is 2.19. The molecule has 0 bridgehead atoms. The molecule has 0 heterocycles. The number of hydrogen-bond donors (Lipinski definition) is 0. The fourth-order valence-corrected chi connectivity index (χ4v) is 7.16. The summed E-state index contributed by atoms with van der Waals surface area (Å²) in [6, 6.07) is 0. The molecule has 1 atom stereocenters.